The number of aromatic nitrogens is 2. The van der Waals surface area contributed by atoms with E-state index in [1.165, 1.54) is 14.0 Å². The molecule has 194 valence electrons. The average Bonchev–Trinajstić information content (AvgIpc) is 3.16. The number of carbonyl (C=O) groups excluding carboxylic acids is 2. The lowest BCUT2D eigenvalue weighted by molar-refractivity contribution is -0.152. The fourth-order valence-corrected chi connectivity index (χ4v) is 5.37. The summed E-state index contributed by atoms with van der Waals surface area (Å²) in [6.45, 7) is 1.38. The molecule has 10 nitrogen and oxygen atoms in total. The molecule has 2 aromatic carbocycles. The number of nitrogens with zero attached hydrogens (tertiary/aromatic N) is 4. The van der Waals surface area contributed by atoms with Gasteiger partial charge in [-0.25, -0.2) is 4.79 Å². The van der Waals surface area contributed by atoms with Crippen LogP contribution in [0.2, 0.25) is 0 Å². The molecule has 10 heteroatoms. The fourth-order valence-electron chi connectivity index (χ4n) is 5.37. The second-order valence-electron chi connectivity index (χ2n) is 9.70. The Labute approximate surface area is 213 Å². The zero-order valence-corrected chi connectivity index (χ0v) is 20.9. The third kappa shape index (κ3) is 4.47. The molecule has 37 heavy (non-hydrogen) atoms. The van der Waals surface area contributed by atoms with Crippen molar-refractivity contribution in [1.29, 1.82) is 0 Å². The van der Waals surface area contributed by atoms with Gasteiger partial charge >= 0.3 is 11.7 Å². The lowest BCUT2D eigenvalue weighted by Crippen LogP contribution is -2.47. The highest BCUT2D eigenvalue weighted by Gasteiger charge is 2.37. The zero-order chi connectivity index (χ0) is 26.3. The van der Waals surface area contributed by atoms with Crippen LogP contribution in [0, 0.1) is 5.92 Å². The van der Waals surface area contributed by atoms with Crippen molar-refractivity contribution >= 4 is 34.5 Å². The molecule has 0 bridgehead atoms. The molecule has 0 aliphatic carbocycles. The summed E-state index contributed by atoms with van der Waals surface area (Å²) in [5, 5.41) is 9.27. The summed E-state index contributed by atoms with van der Waals surface area (Å²) in [7, 11) is 3.25. The van der Waals surface area contributed by atoms with Gasteiger partial charge in [-0.15, -0.1) is 0 Å². The van der Waals surface area contributed by atoms with Crippen molar-refractivity contribution in [2.75, 3.05) is 25.1 Å². The Morgan fingerprint density at radius 2 is 1.70 bits per heavy atom. The molecule has 1 atom stereocenters. The minimum atomic E-state index is -0.774. The molecule has 2 saturated heterocycles. The molecule has 0 saturated carbocycles. The maximum absolute atomic E-state index is 13.5. The van der Waals surface area contributed by atoms with Gasteiger partial charge in [0.05, 0.1) is 30.6 Å². The first-order valence-corrected chi connectivity index (χ1v) is 12.4. The van der Waals surface area contributed by atoms with E-state index in [2.05, 4.69) is 4.90 Å². The highest BCUT2D eigenvalue weighted by molar-refractivity contribution is 6.00. The van der Waals surface area contributed by atoms with E-state index >= 15 is 0 Å². The molecule has 2 amide bonds. The Hall–Kier alpha value is -4.08. The smallest absolute Gasteiger partial charge is 0.329 e. The second-order valence-corrected chi connectivity index (χ2v) is 9.70. The SMILES string of the molecule is COc1ccc(CN2C(=O)CCC(n3c(=O)n(C)c4cc(N5CCC(C(=O)O)CC5)ccc43)C2=O)cc1. The number of hydrogen-bond donors (Lipinski definition) is 1. The minimum Gasteiger partial charge on any atom is -0.497 e. The predicted octanol–water partition coefficient (Wildman–Crippen LogP) is 2.54. The van der Waals surface area contributed by atoms with Crippen LogP contribution in [0.4, 0.5) is 5.69 Å². The number of rotatable bonds is 6. The molecule has 3 aromatic rings. The van der Waals surface area contributed by atoms with Crippen LogP contribution < -0.4 is 15.3 Å². The molecule has 0 spiro atoms. The first-order valence-electron chi connectivity index (χ1n) is 12.4. The van der Waals surface area contributed by atoms with Gasteiger partial charge < -0.3 is 14.7 Å². The molecular weight excluding hydrogens is 476 g/mol. The Balaban J connectivity index is 1.42. The Morgan fingerprint density at radius 1 is 1.00 bits per heavy atom. The van der Waals surface area contributed by atoms with Crippen molar-refractivity contribution in [2.24, 2.45) is 13.0 Å². The molecule has 3 heterocycles. The molecule has 2 aliphatic rings. The van der Waals surface area contributed by atoms with Gasteiger partial charge in [-0.2, -0.15) is 0 Å². The van der Waals surface area contributed by atoms with Crippen molar-refractivity contribution in [1.82, 2.24) is 14.0 Å². The summed E-state index contributed by atoms with van der Waals surface area (Å²) in [6.07, 6.45) is 1.58. The standard InChI is InChI=1S/C27H30N4O6/c1-28-23-15-19(29-13-11-18(12-14-29)26(34)35)5-8-21(23)31(27(28)36)22-9-10-24(32)30(25(22)33)16-17-3-6-20(37-2)7-4-17/h3-8,15,18,22H,9-14,16H2,1-2H3,(H,34,35). The fraction of sp³-hybridized carbons (Fsp3) is 0.407. The molecule has 5 rings (SSSR count). The highest BCUT2D eigenvalue weighted by atomic mass is 16.5. The molecule has 1 N–H and O–H groups in total. The monoisotopic (exact) mass is 506 g/mol. The number of ether oxygens (including phenoxy) is 1. The topological polar surface area (TPSA) is 114 Å². The number of aliphatic carboxylic acids is 1. The number of methoxy groups -OCH3 is 1. The van der Waals surface area contributed by atoms with Crippen LogP contribution in [0.3, 0.4) is 0 Å². The quantitative estimate of drug-likeness (QED) is 0.511. The van der Waals surface area contributed by atoms with Crippen molar-refractivity contribution in [3.05, 3.63) is 58.5 Å². The van der Waals surface area contributed by atoms with Gasteiger partial charge in [-0.1, -0.05) is 12.1 Å². The van der Waals surface area contributed by atoms with Gasteiger partial charge in [-0.3, -0.25) is 28.4 Å². The van der Waals surface area contributed by atoms with Crippen molar-refractivity contribution < 1.29 is 24.2 Å². The van der Waals surface area contributed by atoms with Gasteiger partial charge in [0.15, 0.2) is 0 Å². The van der Waals surface area contributed by atoms with Crippen LogP contribution in [-0.4, -0.2) is 57.1 Å². The van der Waals surface area contributed by atoms with Crippen molar-refractivity contribution in [3.8, 4) is 5.75 Å². The lowest BCUT2D eigenvalue weighted by Gasteiger charge is -2.32. The Bertz CT molecular complexity index is 1420. The Morgan fingerprint density at radius 3 is 2.35 bits per heavy atom. The van der Waals surface area contributed by atoms with Crippen LogP contribution in [0.5, 0.6) is 5.75 Å². The van der Waals surface area contributed by atoms with Crippen LogP contribution in [0.1, 0.15) is 37.3 Å². The first-order chi connectivity index (χ1) is 17.8. The molecular formula is C27H30N4O6. The van der Waals surface area contributed by atoms with Crippen molar-refractivity contribution in [3.63, 3.8) is 0 Å². The van der Waals surface area contributed by atoms with Gasteiger partial charge in [-0.05, 0) is 55.2 Å². The van der Waals surface area contributed by atoms with Gasteiger partial charge in [0.1, 0.15) is 11.8 Å². The van der Waals surface area contributed by atoms with E-state index in [1.807, 2.05) is 30.3 Å². The second kappa shape index (κ2) is 9.76. The van der Waals surface area contributed by atoms with Gasteiger partial charge in [0, 0.05) is 32.2 Å². The van der Waals surface area contributed by atoms with Gasteiger partial charge in [0.2, 0.25) is 5.91 Å². The number of anilines is 1. The summed E-state index contributed by atoms with van der Waals surface area (Å²) in [6, 6.07) is 12.1. The van der Waals surface area contributed by atoms with Crippen LogP contribution in [0.15, 0.2) is 47.3 Å². The molecule has 0 radical (unpaired) electrons. The van der Waals surface area contributed by atoms with E-state index in [-0.39, 0.29) is 42.8 Å². The number of hydrogen-bond acceptors (Lipinski definition) is 6. The van der Waals surface area contributed by atoms with E-state index in [9.17, 15) is 24.3 Å². The number of carbonyl (C=O) groups is 3. The minimum absolute atomic E-state index is 0.133. The number of imide groups is 1. The van der Waals surface area contributed by atoms with E-state index < -0.39 is 12.0 Å². The highest BCUT2D eigenvalue weighted by Crippen LogP contribution is 2.31. The predicted molar refractivity (Wildman–Crippen MR) is 137 cm³/mol. The largest absolute Gasteiger partial charge is 0.497 e. The maximum atomic E-state index is 13.5. The lowest BCUT2D eigenvalue weighted by atomic mass is 9.96. The van der Waals surface area contributed by atoms with Crippen LogP contribution in [-0.2, 0) is 28.0 Å². The number of benzene rings is 2. The number of carboxylic acids is 1. The van der Waals surface area contributed by atoms with E-state index in [1.54, 1.807) is 26.3 Å². The van der Waals surface area contributed by atoms with E-state index in [0.29, 0.717) is 42.7 Å². The number of amides is 2. The number of piperidine rings is 2. The molecule has 1 aromatic heterocycles. The van der Waals surface area contributed by atoms with Gasteiger partial charge in [0.25, 0.3) is 5.91 Å². The number of carboxylic acid groups (broad SMARTS) is 1. The zero-order valence-electron chi connectivity index (χ0n) is 20.9. The maximum Gasteiger partial charge on any atom is 0.329 e. The molecule has 2 fully saturated rings. The summed E-state index contributed by atoms with van der Waals surface area (Å²) >= 11 is 0. The van der Waals surface area contributed by atoms with Crippen molar-refractivity contribution in [2.45, 2.75) is 38.3 Å². The molecule has 2 aliphatic heterocycles. The average molecular weight is 507 g/mol. The number of fused-ring (bicyclic) bond motifs is 1. The normalized spacial score (nSPS) is 19.0. The summed E-state index contributed by atoms with van der Waals surface area (Å²) in [5.74, 6) is -1.04. The molecule has 1 unspecified atom stereocenters. The third-order valence-corrected chi connectivity index (χ3v) is 7.58. The number of likely N-dealkylation sites (tertiary alicyclic amines) is 1. The summed E-state index contributed by atoms with van der Waals surface area (Å²) in [4.78, 5) is 54.2. The number of imidazole rings is 1. The summed E-state index contributed by atoms with van der Waals surface area (Å²) in [5.41, 5.74) is 2.72. The summed E-state index contributed by atoms with van der Waals surface area (Å²) < 4.78 is 8.21. The Kier molecular flexibility index (Phi) is 6.49. The van der Waals surface area contributed by atoms with Crippen LogP contribution in [0.25, 0.3) is 11.0 Å². The van der Waals surface area contributed by atoms with E-state index in [4.69, 9.17) is 4.74 Å². The number of aryl methyl sites for hydroxylation is 1. The van der Waals surface area contributed by atoms with E-state index in [0.717, 1.165) is 11.3 Å². The first kappa shape index (κ1) is 24.6. The third-order valence-electron chi connectivity index (χ3n) is 7.58. The van der Waals surface area contributed by atoms with Crippen LogP contribution >= 0.6 is 0 Å².